The van der Waals surface area contributed by atoms with E-state index in [-0.39, 0.29) is 17.3 Å². The first-order valence-electron chi connectivity index (χ1n) is 8.71. The molecule has 0 aliphatic heterocycles. The van der Waals surface area contributed by atoms with E-state index in [2.05, 4.69) is 18.1 Å². The molecule has 0 spiro atoms. The minimum atomic E-state index is -0.299. The number of hydrogen-bond donors (Lipinski definition) is 1. The fourth-order valence-electron chi connectivity index (χ4n) is 4.64. The van der Waals surface area contributed by atoms with Crippen LogP contribution in [0.5, 0.6) is 0 Å². The molecule has 1 aromatic carbocycles. The third-order valence-electron chi connectivity index (χ3n) is 5.92. The van der Waals surface area contributed by atoms with E-state index in [4.69, 9.17) is 0 Å². The molecule has 1 N–H and O–H groups in total. The molecule has 0 amide bonds. The van der Waals surface area contributed by atoms with Crippen molar-refractivity contribution in [2.24, 2.45) is 11.3 Å². The summed E-state index contributed by atoms with van der Waals surface area (Å²) in [5.74, 6) is 0.0533. The largest absolute Gasteiger partial charge is 0.393 e. The molecule has 0 radical (unpaired) electrons. The topological polar surface area (TPSA) is 38.1 Å². The molecule has 4 heteroatoms. The summed E-state index contributed by atoms with van der Waals surface area (Å²) >= 11 is 0. The van der Waals surface area contributed by atoms with E-state index in [1.165, 1.54) is 23.3 Å². The van der Waals surface area contributed by atoms with Crippen molar-refractivity contribution in [3.05, 3.63) is 53.1 Å². The minimum absolute atomic E-state index is 0.01000. The number of benzene rings is 1. The summed E-state index contributed by atoms with van der Waals surface area (Å²) < 4.78 is 15.1. The third-order valence-corrected chi connectivity index (χ3v) is 5.92. The average Bonchev–Trinajstić information content (AvgIpc) is 2.94. The SMILES string of the molecule is C[C@H](O)[C@H]1CCCC2=Cc3c(cnn3-c3ccc(F)cc3)C[C@@]21C. The van der Waals surface area contributed by atoms with Gasteiger partial charge in [0.2, 0.25) is 0 Å². The molecule has 24 heavy (non-hydrogen) atoms. The smallest absolute Gasteiger partial charge is 0.123 e. The summed E-state index contributed by atoms with van der Waals surface area (Å²) in [5.41, 5.74) is 4.60. The normalized spacial score (nSPS) is 27.2. The second kappa shape index (κ2) is 5.55. The summed E-state index contributed by atoms with van der Waals surface area (Å²) in [6, 6.07) is 6.45. The number of allylic oxidation sites excluding steroid dienone is 1. The molecule has 1 saturated carbocycles. The summed E-state index contributed by atoms with van der Waals surface area (Å²) in [5, 5.41) is 14.8. The maximum absolute atomic E-state index is 13.2. The molecule has 3 nitrogen and oxygen atoms in total. The molecule has 4 rings (SSSR count). The number of hydrogen-bond acceptors (Lipinski definition) is 2. The predicted molar refractivity (Wildman–Crippen MR) is 92.3 cm³/mol. The number of fused-ring (bicyclic) bond motifs is 2. The Kier molecular flexibility index (Phi) is 3.61. The number of aliphatic hydroxyl groups excluding tert-OH is 1. The van der Waals surface area contributed by atoms with E-state index in [0.29, 0.717) is 5.92 Å². The number of aromatic nitrogens is 2. The van der Waals surface area contributed by atoms with Crippen LogP contribution in [0, 0.1) is 17.2 Å². The summed E-state index contributed by atoms with van der Waals surface area (Å²) in [6.45, 7) is 4.20. The van der Waals surface area contributed by atoms with Crippen molar-refractivity contribution in [1.29, 1.82) is 0 Å². The maximum Gasteiger partial charge on any atom is 0.123 e. The monoisotopic (exact) mass is 326 g/mol. The van der Waals surface area contributed by atoms with Crippen LogP contribution in [0.1, 0.15) is 44.4 Å². The van der Waals surface area contributed by atoms with Gasteiger partial charge in [0.05, 0.1) is 23.7 Å². The predicted octanol–water partition coefficient (Wildman–Crippen LogP) is 4.14. The zero-order chi connectivity index (χ0) is 16.9. The van der Waals surface area contributed by atoms with E-state index in [1.54, 1.807) is 12.1 Å². The minimum Gasteiger partial charge on any atom is -0.393 e. The quantitative estimate of drug-likeness (QED) is 0.901. The highest BCUT2D eigenvalue weighted by Crippen LogP contribution is 2.52. The van der Waals surface area contributed by atoms with E-state index in [0.717, 1.165) is 37.1 Å². The van der Waals surface area contributed by atoms with Gasteiger partial charge >= 0.3 is 0 Å². The van der Waals surface area contributed by atoms with Gasteiger partial charge in [0.1, 0.15) is 5.82 Å². The fraction of sp³-hybridized carbons (Fsp3) is 0.450. The Morgan fingerprint density at radius 2 is 2.08 bits per heavy atom. The molecule has 0 unspecified atom stereocenters. The Bertz CT molecular complexity index is 790. The number of nitrogens with zero attached hydrogens (tertiary/aromatic N) is 2. The van der Waals surface area contributed by atoms with Gasteiger partial charge in [0.25, 0.3) is 0 Å². The van der Waals surface area contributed by atoms with Crippen LogP contribution in [0.4, 0.5) is 4.39 Å². The second-order valence-corrected chi connectivity index (χ2v) is 7.45. The maximum atomic E-state index is 13.2. The van der Waals surface area contributed by atoms with E-state index in [9.17, 15) is 9.50 Å². The first-order chi connectivity index (χ1) is 11.5. The Labute approximate surface area is 141 Å². The van der Waals surface area contributed by atoms with Gasteiger partial charge < -0.3 is 5.11 Å². The first kappa shape index (κ1) is 15.6. The van der Waals surface area contributed by atoms with Gasteiger partial charge in [-0.2, -0.15) is 5.10 Å². The summed E-state index contributed by atoms with van der Waals surface area (Å²) in [7, 11) is 0. The van der Waals surface area contributed by atoms with Crippen LogP contribution in [0.2, 0.25) is 0 Å². The lowest BCUT2D eigenvalue weighted by atomic mass is 9.58. The van der Waals surface area contributed by atoms with Crippen LogP contribution < -0.4 is 0 Å². The van der Waals surface area contributed by atoms with E-state index < -0.39 is 0 Å². The molecular weight excluding hydrogens is 303 g/mol. The van der Waals surface area contributed by atoms with E-state index >= 15 is 0 Å². The average molecular weight is 326 g/mol. The molecule has 0 bridgehead atoms. The Hall–Kier alpha value is -1.94. The van der Waals surface area contributed by atoms with E-state index in [1.807, 2.05) is 17.8 Å². The Morgan fingerprint density at radius 1 is 1.33 bits per heavy atom. The highest BCUT2D eigenvalue weighted by atomic mass is 19.1. The first-order valence-corrected chi connectivity index (χ1v) is 8.71. The molecule has 1 aromatic heterocycles. The highest BCUT2D eigenvalue weighted by Gasteiger charge is 2.45. The Morgan fingerprint density at radius 3 is 2.79 bits per heavy atom. The van der Waals surface area contributed by atoms with Crippen molar-refractivity contribution in [3.8, 4) is 5.69 Å². The van der Waals surface area contributed by atoms with Gasteiger partial charge in [-0.1, -0.05) is 12.5 Å². The lowest BCUT2D eigenvalue weighted by molar-refractivity contribution is 0.0352. The van der Waals surface area contributed by atoms with Crippen molar-refractivity contribution in [1.82, 2.24) is 9.78 Å². The fourth-order valence-corrected chi connectivity index (χ4v) is 4.64. The number of rotatable bonds is 2. The summed E-state index contributed by atoms with van der Waals surface area (Å²) in [6.07, 6.45) is 8.06. The van der Waals surface area contributed by atoms with Gasteiger partial charge in [-0.05, 0) is 79.8 Å². The highest BCUT2D eigenvalue weighted by molar-refractivity contribution is 5.61. The molecule has 2 aliphatic carbocycles. The van der Waals surface area contributed by atoms with Crippen LogP contribution in [0.15, 0.2) is 36.0 Å². The Balaban J connectivity index is 1.78. The lowest BCUT2D eigenvalue weighted by Crippen LogP contribution is -2.42. The van der Waals surface area contributed by atoms with Crippen molar-refractivity contribution in [3.63, 3.8) is 0 Å². The van der Waals surface area contributed by atoms with Crippen molar-refractivity contribution >= 4 is 6.08 Å². The van der Waals surface area contributed by atoms with Crippen LogP contribution in [-0.2, 0) is 6.42 Å². The van der Waals surface area contributed by atoms with Gasteiger partial charge in [0.15, 0.2) is 0 Å². The van der Waals surface area contributed by atoms with Crippen LogP contribution in [0.25, 0.3) is 11.8 Å². The van der Waals surface area contributed by atoms with Gasteiger partial charge in [0, 0.05) is 0 Å². The standard InChI is InChI=1S/C20H23FN2O/c1-13(24)18-5-3-4-15-10-19-14(11-20(15,18)2)12-22-23(19)17-8-6-16(21)7-9-17/h6-10,12-13,18,24H,3-5,11H2,1-2H3/t13-,18+,20-/m0/s1. The van der Waals surface area contributed by atoms with Gasteiger partial charge in [-0.15, -0.1) is 0 Å². The molecular formula is C20H23FN2O. The zero-order valence-electron chi connectivity index (χ0n) is 14.2. The second-order valence-electron chi connectivity index (χ2n) is 7.45. The molecule has 1 heterocycles. The zero-order valence-corrected chi connectivity index (χ0v) is 14.2. The number of aliphatic hydroxyl groups is 1. The molecule has 126 valence electrons. The molecule has 3 atom stereocenters. The van der Waals surface area contributed by atoms with Gasteiger partial charge in [-0.3, -0.25) is 0 Å². The third kappa shape index (κ3) is 2.32. The van der Waals surface area contributed by atoms with Crippen molar-refractivity contribution in [2.45, 2.75) is 45.6 Å². The summed E-state index contributed by atoms with van der Waals surface area (Å²) in [4.78, 5) is 0. The van der Waals surface area contributed by atoms with Crippen LogP contribution in [0.3, 0.4) is 0 Å². The van der Waals surface area contributed by atoms with Crippen LogP contribution >= 0.6 is 0 Å². The number of halogens is 1. The molecule has 1 fully saturated rings. The molecule has 2 aliphatic rings. The van der Waals surface area contributed by atoms with Crippen LogP contribution in [-0.4, -0.2) is 21.0 Å². The van der Waals surface area contributed by atoms with Crippen molar-refractivity contribution < 1.29 is 9.50 Å². The lowest BCUT2D eigenvalue weighted by Gasteiger charge is -2.47. The molecule has 2 aromatic rings. The van der Waals surface area contributed by atoms with Crippen molar-refractivity contribution in [2.75, 3.05) is 0 Å². The molecule has 0 saturated heterocycles. The van der Waals surface area contributed by atoms with Gasteiger partial charge in [-0.25, -0.2) is 9.07 Å².